The molecule has 7 heteroatoms. The molecule has 1 rings (SSSR count). The Bertz CT molecular complexity index is 526. The molecule has 1 amide bonds. The highest BCUT2D eigenvalue weighted by Gasteiger charge is 2.14. The summed E-state index contributed by atoms with van der Waals surface area (Å²) in [5.74, 6) is -0.127. The molecule has 2 atom stereocenters. The number of sulfonamides is 1. The van der Waals surface area contributed by atoms with E-state index < -0.39 is 10.0 Å². The van der Waals surface area contributed by atoms with E-state index in [-0.39, 0.29) is 21.7 Å². The highest BCUT2D eigenvalue weighted by atomic mass is 79.9. The van der Waals surface area contributed by atoms with Crippen molar-refractivity contribution in [3.63, 3.8) is 0 Å². The van der Waals surface area contributed by atoms with Crippen LogP contribution in [0, 0.1) is 0 Å². The number of alkyl halides is 1. The molecule has 0 aromatic heterocycles. The predicted octanol–water partition coefficient (Wildman–Crippen LogP) is 1.29. The van der Waals surface area contributed by atoms with Crippen LogP contribution in [-0.2, 0) is 14.8 Å². The molecule has 0 aliphatic heterocycles. The molecule has 0 radical (unpaired) electrons. The summed E-state index contributed by atoms with van der Waals surface area (Å²) in [6, 6.07) is 5.90. The quantitative estimate of drug-likeness (QED) is 0.813. The lowest BCUT2D eigenvalue weighted by Crippen LogP contribution is -2.31. The van der Waals surface area contributed by atoms with Crippen LogP contribution in [0.25, 0.3) is 0 Å². The Morgan fingerprint density at radius 3 is 2.17 bits per heavy atom. The highest BCUT2D eigenvalue weighted by Crippen LogP contribution is 2.16. The molecule has 1 aromatic rings. The van der Waals surface area contributed by atoms with Crippen molar-refractivity contribution in [1.82, 2.24) is 5.32 Å². The minimum absolute atomic E-state index is 0.0543. The second kappa shape index (κ2) is 5.81. The molecular weight excluding hydrogens is 320 g/mol. The lowest BCUT2D eigenvalue weighted by molar-refractivity contribution is -0.120. The Labute approximate surface area is 115 Å². The van der Waals surface area contributed by atoms with Gasteiger partial charge in [-0.25, -0.2) is 13.6 Å². The van der Waals surface area contributed by atoms with E-state index in [0.29, 0.717) is 0 Å². The van der Waals surface area contributed by atoms with Crippen LogP contribution in [0.5, 0.6) is 0 Å². The number of hydrogen-bond acceptors (Lipinski definition) is 3. The van der Waals surface area contributed by atoms with Gasteiger partial charge < -0.3 is 5.32 Å². The first-order chi connectivity index (χ1) is 8.21. The van der Waals surface area contributed by atoms with Gasteiger partial charge in [0, 0.05) is 0 Å². The molecule has 0 aliphatic rings. The first-order valence-electron chi connectivity index (χ1n) is 5.29. The fourth-order valence-electron chi connectivity index (χ4n) is 1.36. The first-order valence-corrected chi connectivity index (χ1v) is 7.75. The number of hydrogen-bond donors (Lipinski definition) is 2. The standard InChI is InChI=1S/C11H15BrN2O3S/c1-7(12)11(15)14-8(2)9-3-5-10(6-4-9)18(13,16)17/h3-8H,1-2H3,(H,14,15)(H2,13,16,17). The van der Waals surface area contributed by atoms with E-state index in [1.165, 1.54) is 12.1 Å². The molecule has 0 heterocycles. The fourth-order valence-corrected chi connectivity index (χ4v) is 2.01. The van der Waals surface area contributed by atoms with Gasteiger partial charge in [0.1, 0.15) is 0 Å². The van der Waals surface area contributed by atoms with Crippen LogP contribution in [0.2, 0.25) is 0 Å². The number of halogens is 1. The monoisotopic (exact) mass is 334 g/mol. The second-order valence-corrected chi connectivity index (χ2v) is 6.90. The van der Waals surface area contributed by atoms with Crippen molar-refractivity contribution in [2.45, 2.75) is 29.6 Å². The number of primary sulfonamides is 1. The van der Waals surface area contributed by atoms with Crippen molar-refractivity contribution in [3.8, 4) is 0 Å². The largest absolute Gasteiger partial charge is 0.349 e. The number of carbonyl (C=O) groups excluding carboxylic acids is 1. The molecule has 0 bridgehead atoms. The Balaban J connectivity index is 2.83. The van der Waals surface area contributed by atoms with Gasteiger partial charge in [0.05, 0.1) is 15.8 Å². The maximum atomic E-state index is 11.5. The van der Waals surface area contributed by atoms with Gasteiger partial charge in [0.25, 0.3) is 0 Å². The molecule has 0 spiro atoms. The van der Waals surface area contributed by atoms with Crippen molar-refractivity contribution in [3.05, 3.63) is 29.8 Å². The molecule has 0 saturated carbocycles. The molecule has 2 unspecified atom stereocenters. The fraction of sp³-hybridized carbons (Fsp3) is 0.364. The average Bonchev–Trinajstić information content (AvgIpc) is 2.27. The number of rotatable bonds is 4. The van der Waals surface area contributed by atoms with Crippen LogP contribution in [0.15, 0.2) is 29.2 Å². The molecule has 0 saturated heterocycles. The Hall–Kier alpha value is -0.920. The zero-order valence-electron chi connectivity index (χ0n) is 10.1. The summed E-state index contributed by atoms with van der Waals surface area (Å²) < 4.78 is 22.2. The van der Waals surface area contributed by atoms with E-state index in [4.69, 9.17) is 5.14 Å². The molecule has 0 aliphatic carbocycles. The SMILES string of the molecule is CC(Br)C(=O)NC(C)c1ccc(S(N)(=O)=O)cc1. The Morgan fingerprint density at radius 1 is 1.28 bits per heavy atom. The lowest BCUT2D eigenvalue weighted by atomic mass is 10.1. The summed E-state index contributed by atoms with van der Waals surface area (Å²) in [6.07, 6.45) is 0. The minimum Gasteiger partial charge on any atom is -0.349 e. The minimum atomic E-state index is -3.68. The summed E-state index contributed by atoms with van der Waals surface area (Å²) in [6.45, 7) is 3.55. The van der Waals surface area contributed by atoms with Crippen molar-refractivity contribution in [2.75, 3.05) is 0 Å². The normalized spacial score (nSPS) is 14.9. The van der Waals surface area contributed by atoms with Crippen LogP contribution < -0.4 is 10.5 Å². The molecule has 18 heavy (non-hydrogen) atoms. The second-order valence-electron chi connectivity index (χ2n) is 3.96. The lowest BCUT2D eigenvalue weighted by Gasteiger charge is -2.15. The smallest absolute Gasteiger partial charge is 0.238 e. The van der Waals surface area contributed by atoms with Gasteiger partial charge in [-0.05, 0) is 31.5 Å². The maximum Gasteiger partial charge on any atom is 0.238 e. The van der Waals surface area contributed by atoms with E-state index in [1.54, 1.807) is 19.1 Å². The van der Waals surface area contributed by atoms with Gasteiger partial charge in [-0.3, -0.25) is 4.79 Å². The summed E-state index contributed by atoms with van der Waals surface area (Å²) in [5.41, 5.74) is 0.809. The van der Waals surface area contributed by atoms with Crippen molar-refractivity contribution < 1.29 is 13.2 Å². The van der Waals surface area contributed by atoms with Crippen LogP contribution in [0.3, 0.4) is 0 Å². The summed E-state index contributed by atoms with van der Waals surface area (Å²) in [7, 11) is -3.68. The van der Waals surface area contributed by atoms with E-state index in [9.17, 15) is 13.2 Å². The molecule has 5 nitrogen and oxygen atoms in total. The van der Waals surface area contributed by atoms with Crippen LogP contribution in [-0.4, -0.2) is 19.2 Å². The molecule has 3 N–H and O–H groups in total. The molecule has 1 aromatic carbocycles. The van der Waals surface area contributed by atoms with Crippen LogP contribution >= 0.6 is 15.9 Å². The third-order valence-electron chi connectivity index (χ3n) is 2.43. The first kappa shape index (κ1) is 15.1. The van der Waals surface area contributed by atoms with Gasteiger partial charge in [-0.15, -0.1) is 0 Å². The summed E-state index contributed by atoms with van der Waals surface area (Å²) in [5, 5.41) is 7.79. The zero-order chi connectivity index (χ0) is 13.9. The maximum absolute atomic E-state index is 11.5. The van der Waals surface area contributed by atoms with Crippen molar-refractivity contribution >= 4 is 31.9 Å². The number of nitrogens with two attached hydrogens (primary N) is 1. The van der Waals surface area contributed by atoms with E-state index in [2.05, 4.69) is 21.2 Å². The highest BCUT2D eigenvalue weighted by molar-refractivity contribution is 9.10. The third-order valence-corrected chi connectivity index (χ3v) is 3.77. The van der Waals surface area contributed by atoms with Gasteiger partial charge >= 0.3 is 0 Å². The van der Waals surface area contributed by atoms with E-state index >= 15 is 0 Å². The van der Waals surface area contributed by atoms with Crippen LogP contribution in [0.4, 0.5) is 0 Å². The van der Waals surface area contributed by atoms with Gasteiger partial charge in [0.15, 0.2) is 0 Å². The summed E-state index contributed by atoms with van der Waals surface area (Å²) >= 11 is 3.17. The molecular formula is C11H15BrN2O3S. The van der Waals surface area contributed by atoms with Gasteiger partial charge in [-0.1, -0.05) is 28.1 Å². The number of benzene rings is 1. The molecule has 100 valence electrons. The predicted molar refractivity (Wildman–Crippen MR) is 72.8 cm³/mol. The van der Waals surface area contributed by atoms with Crippen molar-refractivity contribution in [2.24, 2.45) is 5.14 Å². The van der Waals surface area contributed by atoms with Crippen LogP contribution in [0.1, 0.15) is 25.5 Å². The Morgan fingerprint density at radius 2 is 1.78 bits per heavy atom. The van der Waals surface area contributed by atoms with E-state index in [1.807, 2.05) is 6.92 Å². The number of nitrogens with one attached hydrogen (secondary N) is 1. The summed E-state index contributed by atoms with van der Waals surface area (Å²) in [4.78, 5) is 11.3. The van der Waals surface area contributed by atoms with Crippen molar-refractivity contribution in [1.29, 1.82) is 0 Å². The van der Waals surface area contributed by atoms with Gasteiger partial charge in [-0.2, -0.15) is 0 Å². The zero-order valence-corrected chi connectivity index (χ0v) is 12.5. The average molecular weight is 335 g/mol. The topological polar surface area (TPSA) is 89.3 Å². The number of amides is 1. The molecule has 0 fully saturated rings. The number of carbonyl (C=O) groups is 1. The Kier molecular flexibility index (Phi) is 4.89. The third kappa shape index (κ3) is 4.08. The van der Waals surface area contributed by atoms with Gasteiger partial charge in [0.2, 0.25) is 15.9 Å². The van der Waals surface area contributed by atoms with E-state index in [0.717, 1.165) is 5.56 Å².